The number of urea groups is 1. The van der Waals surface area contributed by atoms with Gasteiger partial charge in [-0.05, 0) is 42.5 Å². The Morgan fingerprint density at radius 3 is 2.33 bits per heavy atom. The summed E-state index contributed by atoms with van der Waals surface area (Å²) >= 11 is 0. The summed E-state index contributed by atoms with van der Waals surface area (Å²) in [5, 5.41) is 5.89. The molecule has 2 rings (SSSR count). The van der Waals surface area contributed by atoms with Crippen molar-refractivity contribution in [1.29, 1.82) is 0 Å². The van der Waals surface area contributed by atoms with Crippen LogP contribution < -0.4 is 10.6 Å². The van der Waals surface area contributed by atoms with Crippen LogP contribution in [0.4, 0.5) is 10.5 Å². The molecule has 0 saturated carbocycles. The third kappa shape index (κ3) is 3.85. The Labute approximate surface area is 126 Å². The number of nitrogens with one attached hydrogen (secondary N) is 2. The van der Waals surface area contributed by atoms with Crippen LogP contribution in [0.15, 0.2) is 42.5 Å². The molecule has 2 N–H and O–H groups in total. The van der Waals surface area contributed by atoms with Gasteiger partial charge in [-0.3, -0.25) is 0 Å². The van der Waals surface area contributed by atoms with E-state index in [1.807, 2.05) is 56.3 Å². The molecule has 2 amide bonds. The van der Waals surface area contributed by atoms with E-state index >= 15 is 0 Å². The lowest BCUT2D eigenvalue weighted by molar-refractivity contribution is 0.251. The van der Waals surface area contributed by atoms with Gasteiger partial charge in [0.1, 0.15) is 0 Å². The van der Waals surface area contributed by atoms with E-state index in [1.165, 1.54) is 5.56 Å². The summed E-state index contributed by atoms with van der Waals surface area (Å²) in [6.07, 6.45) is 0.898. The highest BCUT2D eigenvalue weighted by molar-refractivity contribution is 5.91. The second kappa shape index (κ2) is 6.93. The normalized spacial score (nSPS) is 10.2. The molecule has 3 nitrogen and oxygen atoms in total. The smallest absolute Gasteiger partial charge is 0.319 e. The summed E-state index contributed by atoms with van der Waals surface area (Å²) in [6, 6.07) is 14.0. The van der Waals surface area contributed by atoms with Crippen LogP contribution in [0.1, 0.15) is 29.2 Å². The van der Waals surface area contributed by atoms with E-state index in [1.54, 1.807) is 0 Å². The lowest BCUT2D eigenvalue weighted by Gasteiger charge is -2.14. The third-order valence-corrected chi connectivity index (χ3v) is 3.68. The Kier molecular flexibility index (Phi) is 4.99. The quantitative estimate of drug-likeness (QED) is 0.867. The van der Waals surface area contributed by atoms with Crippen LogP contribution in [-0.2, 0) is 13.0 Å². The first-order valence-corrected chi connectivity index (χ1v) is 7.29. The van der Waals surface area contributed by atoms with Gasteiger partial charge in [0.2, 0.25) is 0 Å². The van der Waals surface area contributed by atoms with Crippen molar-refractivity contribution in [2.45, 2.75) is 33.7 Å². The summed E-state index contributed by atoms with van der Waals surface area (Å²) in [5.74, 6) is 0. The first kappa shape index (κ1) is 15.1. The number of rotatable bonds is 4. The highest BCUT2D eigenvalue weighted by Crippen LogP contribution is 2.20. The maximum absolute atomic E-state index is 12.1. The molecule has 2 aromatic carbocycles. The molecule has 0 unspecified atom stereocenters. The molecule has 0 fully saturated rings. The molecule has 0 heterocycles. The lowest BCUT2D eigenvalue weighted by atomic mass is 10.1. The molecule has 0 atom stereocenters. The molecule has 3 heteroatoms. The SMILES string of the molecule is CCc1cccc(C)c1NC(=O)NCc1ccccc1C. The van der Waals surface area contributed by atoms with Crippen molar-refractivity contribution in [3.63, 3.8) is 0 Å². The second-order valence-corrected chi connectivity index (χ2v) is 5.20. The maximum Gasteiger partial charge on any atom is 0.319 e. The van der Waals surface area contributed by atoms with Crippen molar-refractivity contribution in [3.05, 3.63) is 64.7 Å². The summed E-state index contributed by atoms with van der Waals surface area (Å²) in [5.41, 5.74) is 5.47. The van der Waals surface area contributed by atoms with Gasteiger partial charge in [0.05, 0.1) is 0 Å². The van der Waals surface area contributed by atoms with Crippen molar-refractivity contribution in [3.8, 4) is 0 Å². The number of hydrogen-bond donors (Lipinski definition) is 2. The van der Waals surface area contributed by atoms with E-state index < -0.39 is 0 Å². The summed E-state index contributed by atoms with van der Waals surface area (Å²) in [6.45, 7) is 6.68. The minimum atomic E-state index is -0.165. The van der Waals surface area contributed by atoms with Gasteiger partial charge in [-0.2, -0.15) is 0 Å². The molecule has 0 spiro atoms. The molecule has 0 aliphatic heterocycles. The average Bonchev–Trinajstić information content (AvgIpc) is 2.48. The van der Waals surface area contributed by atoms with Gasteiger partial charge in [-0.1, -0.05) is 49.4 Å². The zero-order valence-electron chi connectivity index (χ0n) is 12.9. The standard InChI is InChI=1S/C18H22N2O/c1-4-15-11-7-9-14(3)17(15)20-18(21)19-12-16-10-6-5-8-13(16)2/h5-11H,4,12H2,1-3H3,(H2,19,20,21). The fourth-order valence-corrected chi connectivity index (χ4v) is 2.34. The maximum atomic E-state index is 12.1. The van der Waals surface area contributed by atoms with Crippen molar-refractivity contribution in [1.82, 2.24) is 5.32 Å². The van der Waals surface area contributed by atoms with Crippen LogP contribution in [0.2, 0.25) is 0 Å². The number of benzene rings is 2. The molecule has 0 aliphatic carbocycles. The summed E-state index contributed by atoms with van der Waals surface area (Å²) < 4.78 is 0. The summed E-state index contributed by atoms with van der Waals surface area (Å²) in [7, 11) is 0. The fourth-order valence-electron chi connectivity index (χ4n) is 2.34. The Hall–Kier alpha value is -2.29. The highest BCUT2D eigenvalue weighted by Gasteiger charge is 2.08. The van der Waals surface area contributed by atoms with E-state index in [-0.39, 0.29) is 6.03 Å². The number of carbonyl (C=O) groups excluding carboxylic acids is 1. The minimum absolute atomic E-state index is 0.165. The molecule has 0 radical (unpaired) electrons. The Morgan fingerprint density at radius 1 is 0.952 bits per heavy atom. The third-order valence-electron chi connectivity index (χ3n) is 3.68. The van der Waals surface area contributed by atoms with Crippen LogP contribution in [0, 0.1) is 13.8 Å². The van der Waals surface area contributed by atoms with Crippen LogP contribution in [0.5, 0.6) is 0 Å². The van der Waals surface area contributed by atoms with Crippen molar-refractivity contribution < 1.29 is 4.79 Å². The van der Waals surface area contributed by atoms with Crippen LogP contribution in [0.3, 0.4) is 0 Å². The molecule has 0 aliphatic rings. The molecular weight excluding hydrogens is 260 g/mol. The molecular formula is C18H22N2O. The monoisotopic (exact) mass is 282 g/mol. The van der Waals surface area contributed by atoms with Crippen molar-refractivity contribution in [2.75, 3.05) is 5.32 Å². The molecule has 0 aromatic heterocycles. The van der Waals surface area contributed by atoms with Crippen LogP contribution in [0.25, 0.3) is 0 Å². The van der Waals surface area contributed by atoms with E-state index in [0.717, 1.165) is 28.8 Å². The first-order chi connectivity index (χ1) is 10.1. The number of para-hydroxylation sites is 1. The van der Waals surface area contributed by atoms with Gasteiger partial charge in [-0.15, -0.1) is 0 Å². The number of amides is 2. The van der Waals surface area contributed by atoms with E-state index in [4.69, 9.17) is 0 Å². The van der Waals surface area contributed by atoms with Gasteiger partial charge in [-0.25, -0.2) is 4.79 Å². The predicted octanol–water partition coefficient (Wildman–Crippen LogP) is 4.19. The Balaban J connectivity index is 2.01. The second-order valence-electron chi connectivity index (χ2n) is 5.20. The van der Waals surface area contributed by atoms with Crippen LogP contribution >= 0.6 is 0 Å². The van der Waals surface area contributed by atoms with E-state index in [0.29, 0.717) is 6.54 Å². The number of aryl methyl sites for hydroxylation is 3. The van der Waals surface area contributed by atoms with Gasteiger partial charge < -0.3 is 10.6 Å². The zero-order chi connectivity index (χ0) is 15.2. The first-order valence-electron chi connectivity index (χ1n) is 7.29. The summed E-state index contributed by atoms with van der Waals surface area (Å²) in [4.78, 5) is 12.1. The molecule has 2 aromatic rings. The fraction of sp³-hybridized carbons (Fsp3) is 0.278. The zero-order valence-corrected chi connectivity index (χ0v) is 12.9. The lowest BCUT2D eigenvalue weighted by Crippen LogP contribution is -2.29. The predicted molar refractivity (Wildman–Crippen MR) is 87.6 cm³/mol. The highest BCUT2D eigenvalue weighted by atomic mass is 16.2. The molecule has 110 valence electrons. The minimum Gasteiger partial charge on any atom is -0.334 e. The van der Waals surface area contributed by atoms with E-state index in [2.05, 4.69) is 17.6 Å². The number of hydrogen-bond acceptors (Lipinski definition) is 1. The Bertz CT molecular complexity index is 635. The van der Waals surface area contributed by atoms with Gasteiger partial charge in [0.15, 0.2) is 0 Å². The average molecular weight is 282 g/mol. The number of anilines is 1. The molecule has 0 bridgehead atoms. The van der Waals surface area contributed by atoms with Gasteiger partial charge in [0, 0.05) is 12.2 Å². The molecule has 0 saturated heterocycles. The largest absolute Gasteiger partial charge is 0.334 e. The van der Waals surface area contributed by atoms with E-state index in [9.17, 15) is 4.79 Å². The topological polar surface area (TPSA) is 41.1 Å². The van der Waals surface area contributed by atoms with Crippen LogP contribution in [-0.4, -0.2) is 6.03 Å². The van der Waals surface area contributed by atoms with Gasteiger partial charge >= 0.3 is 6.03 Å². The molecule has 21 heavy (non-hydrogen) atoms. The van der Waals surface area contributed by atoms with Crippen molar-refractivity contribution >= 4 is 11.7 Å². The number of carbonyl (C=O) groups is 1. The Morgan fingerprint density at radius 2 is 1.62 bits per heavy atom. The van der Waals surface area contributed by atoms with Crippen molar-refractivity contribution in [2.24, 2.45) is 0 Å². The van der Waals surface area contributed by atoms with Gasteiger partial charge in [0.25, 0.3) is 0 Å².